The summed E-state index contributed by atoms with van der Waals surface area (Å²) in [6.45, 7) is 4.20. The summed E-state index contributed by atoms with van der Waals surface area (Å²) in [6, 6.07) is 5.50. The molecule has 19 heavy (non-hydrogen) atoms. The maximum atomic E-state index is 11.9. The fourth-order valence-electron chi connectivity index (χ4n) is 1.87. The first-order valence-corrected chi connectivity index (χ1v) is 6.26. The van der Waals surface area contributed by atoms with Gasteiger partial charge in [-0.15, -0.1) is 0 Å². The number of hydrogen-bond acceptors (Lipinski definition) is 3. The van der Waals surface area contributed by atoms with Gasteiger partial charge in [-0.2, -0.15) is 0 Å². The summed E-state index contributed by atoms with van der Waals surface area (Å²) in [6.07, 6.45) is 4.32. The molecule has 0 spiro atoms. The molecule has 5 heteroatoms. The minimum absolute atomic E-state index is 0.0871. The van der Waals surface area contributed by atoms with Crippen LogP contribution in [0.3, 0.4) is 0 Å². The highest BCUT2D eigenvalue weighted by Crippen LogP contribution is 2.16. The van der Waals surface area contributed by atoms with Crippen LogP contribution >= 0.6 is 0 Å². The Hall–Kier alpha value is -2.30. The first-order valence-electron chi connectivity index (χ1n) is 6.26. The highest BCUT2D eigenvalue weighted by molar-refractivity contribution is 5.91. The van der Waals surface area contributed by atoms with Gasteiger partial charge >= 0.3 is 0 Å². The van der Waals surface area contributed by atoms with Crippen molar-refractivity contribution in [3.05, 3.63) is 42.0 Å². The molecule has 2 aromatic rings. The lowest BCUT2D eigenvalue weighted by Gasteiger charge is -2.09. The summed E-state index contributed by atoms with van der Waals surface area (Å²) in [5, 5.41) is 2.83. The third-order valence-corrected chi connectivity index (χ3v) is 2.99. The van der Waals surface area contributed by atoms with Crippen molar-refractivity contribution in [2.75, 3.05) is 11.1 Å². The summed E-state index contributed by atoms with van der Waals surface area (Å²) >= 11 is 0. The second kappa shape index (κ2) is 5.56. The van der Waals surface area contributed by atoms with Crippen LogP contribution in [0.5, 0.6) is 0 Å². The molecule has 0 bridgehead atoms. The molecule has 0 aliphatic rings. The summed E-state index contributed by atoms with van der Waals surface area (Å²) in [5.41, 5.74) is 8.20. The van der Waals surface area contributed by atoms with Gasteiger partial charge in [0.05, 0.1) is 0 Å². The van der Waals surface area contributed by atoms with Crippen molar-refractivity contribution in [3.63, 3.8) is 0 Å². The van der Waals surface area contributed by atoms with Crippen LogP contribution in [0.15, 0.2) is 30.6 Å². The number of benzene rings is 1. The number of nitrogens with two attached hydrogens (primary N) is 1. The highest BCUT2D eigenvalue weighted by atomic mass is 16.1. The molecule has 1 aromatic heterocycles. The minimum Gasteiger partial charge on any atom is -0.398 e. The molecule has 1 amide bonds. The van der Waals surface area contributed by atoms with Gasteiger partial charge in [-0.25, -0.2) is 4.98 Å². The molecule has 2 rings (SSSR count). The number of carbonyl (C=O) groups excluding carboxylic acids is 1. The molecule has 0 radical (unpaired) electrons. The van der Waals surface area contributed by atoms with Gasteiger partial charge in [0.15, 0.2) is 0 Å². The highest BCUT2D eigenvalue weighted by Gasteiger charge is 2.07. The van der Waals surface area contributed by atoms with Gasteiger partial charge in [-0.05, 0) is 24.6 Å². The molecule has 0 saturated heterocycles. The van der Waals surface area contributed by atoms with Gasteiger partial charge in [0.25, 0.3) is 0 Å². The van der Waals surface area contributed by atoms with Gasteiger partial charge < -0.3 is 15.6 Å². The molecule has 0 aliphatic heterocycles. The van der Waals surface area contributed by atoms with Crippen LogP contribution in [-0.2, 0) is 17.8 Å². The van der Waals surface area contributed by atoms with Gasteiger partial charge in [-0.3, -0.25) is 4.79 Å². The smallest absolute Gasteiger partial charge is 0.244 e. The Morgan fingerprint density at radius 3 is 2.95 bits per heavy atom. The molecule has 0 saturated carbocycles. The van der Waals surface area contributed by atoms with Crippen LogP contribution in [0.2, 0.25) is 0 Å². The zero-order valence-electron chi connectivity index (χ0n) is 11.2. The predicted octanol–water partition coefficient (Wildman–Crippen LogP) is 1.97. The number of rotatable bonds is 4. The molecule has 0 unspecified atom stereocenters. The maximum absolute atomic E-state index is 11.9. The fraction of sp³-hybridized carbons (Fsp3) is 0.286. The number of nitrogen functional groups attached to an aromatic ring is 1. The molecule has 100 valence electrons. The van der Waals surface area contributed by atoms with Crippen molar-refractivity contribution in [3.8, 4) is 0 Å². The largest absolute Gasteiger partial charge is 0.398 e. The van der Waals surface area contributed by atoms with E-state index in [4.69, 9.17) is 5.73 Å². The lowest BCUT2D eigenvalue weighted by Crippen LogP contribution is -2.19. The van der Waals surface area contributed by atoms with Crippen LogP contribution in [0.1, 0.15) is 18.3 Å². The van der Waals surface area contributed by atoms with Crippen molar-refractivity contribution in [2.45, 2.75) is 26.8 Å². The second-order valence-corrected chi connectivity index (χ2v) is 4.44. The van der Waals surface area contributed by atoms with E-state index in [1.165, 1.54) is 0 Å². The Labute approximate surface area is 112 Å². The van der Waals surface area contributed by atoms with Gasteiger partial charge in [0.1, 0.15) is 12.4 Å². The van der Waals surface area contributed by atoms with Gasteiger partial charge in [0, 0.05) is 30.2 Å². The predicted molar refractivity (Wildman–Crippen MR) is 75.8 cm³/mol. The third kappa shape index (κ3) is 3.13. The van der Waals surface area contributed by atoms with E-state index in [2.05, 4.69) is 10.3 Å². The van der Waals surface area contributed by atoms with E-state index in [1.807, 2.05) is 36.7 Å². The molecule has 0 atom stereocenters. The van der Waals surface area contributed by atoms with E-state index in [-0.39, 0.29) is 12.5 Å². The van der Waals surface area contributed by atoms with E-state index in [0.717, 1.165) is 17.8 Å². The third-order valence-electron chi connectivity index (χ3n) is 2.99. The quantitative estimate of drug-likeness (QED) is 0.823. The van der Waals surface area contributed by atoms with Crippen LogP contribution in [-0.4, -0.2) is 15.5 Å². The molecule has 0 fully saturated rings. The van der Waals surface area contributed by atoms with Crippen molar-refractivity contribution < 1.29 is 4.79 Å². The molecular formula is C14H18N4O. The zero-order chi connectivity index (χ0) is 13.8. The molecule has 5 nitrogen and oxygen atoms in total. The van der Waals surface area contributed by atoms with Crippen molar-refractivity contribution >= 4 is 17.3 Å². The van der Waals surface area contributed by atoms with E-state index in [9.17, 15) is 4.79 Å². The maximum Gasteiger partial charge on any atom is 0.244 e. The lowest BCUT2D eigenvalue weighted by atomic mass is 10.2. The topological polar surface area (TPSA) is 72.9 Å². The molecule has 1 aromatic carbocycles. The first-order chi connectivity index (χ1) is 9.10. The average molecular weight is 258 g/mol. The van der Waals surface area contributed by atoms with E-state index in [1.54, 1.807) is 12.3 Å². The number of amides is 1. The van der Waals surface area contributed by atoms with Crippen LogP contribution in [0.4, 0.5) is 11.4 Å². The summed E-state index contributed by atoms with van der Waals surface area (Å²) < 4.78 is 1.84. The van der Waals surface area contributed by atoms with Gasteiger partial charge in [0.2, 0.25) is 5.91 Å². The number of hydrogen-bond donors (Lipinski definition) is 2. The number of imidazole rings is 1. The van der Waals surface area contributed by atoms with Crippen molar-refractivity contribution in [1.29, 1.82) is 0 Å². The second-order valence-electron chi connectivity index (χ2n) is 4.44. The van der Waals surface area contributed by atoms with Crippen LogP contribution in [0.25, 0.3) is 0 Å². The van der Waals surface area contributed by atoms with Crippen LogP contribution in [0, 0.1) is 6.92 Å². The Bertz CT molecular complexity index is 589. The Balaban J connectivity index is 2.03. The summed E-state index contributed by atoms with van der Waals surface area (Å²) in [5.74, 6) is 0.814. The average Bonchev–Trinajstić information content (AvgIpc) is 2.81. The first kappa shape index (κ1) is 13.1. The molecule has 0 aliphatic carbocycles. The van der Waals surface area contributed by atoms with Crippen molar-refractivity contribution in [2.24, 2.45) is 0 Å². The van der Waals surface area contributed by atoms with E-state index >= 15 is 0 Å². The van der Waals surface area contributed by atoms with E-state index in [0.29, 0.717) is 11.4 Å². The lowest BCUT2D eigenvalue weighted by molar-refractivity contribution is -0.116. The SMILES string of the molecule is CCc1nccn1CC(=O)Nc1ccc(C)c(N)c1. The Morgan fingerprint density at radius 1 is 1.47 bits per heavy atom. The van der Waals surface area contributed by atoms with Crippen LogP contribution < -0.4 is 11.1 Å². The fourth-order valence-corrected chi connectivity index (χ4v) is 1.87. The molecular weight excluding hydrogens is 240 g/mol. The number of aryl methyl sites for hydroxylation is 2. The minimum atomic E-state index is -0.0871. The monoisotopic (exact) mass is 258 g/mol. The number of carbonyl (C=O) groups is 1. The number of aromatic nitrogens is 2. The number of anilines is 2. The zero-order valence-corrected chi connectivity index (χ0v) is 11.2. The Morgan fingerprint density at radius 2 is 2.26 bits per heavy atom. The van der Waals surface area contributed by atoms with Crippen molar-refractivity contribution in [1.82, 2.24) is 9.55 Å². The van der Waals surface area contributed by atoms with E-state index < -0.39 is 0 Å². The van der Waals surface area contributed by atoms with Gasteiger partial charge in [-0.1, -0.05) is 13.0 Å². The summed E-state index contributed by atoms with van der Waals surface area (Å²) in [7, 11) is 0. The molecule has 1 heterocycles. The number of nitrogens with zero attached hydrogens (tertiary/aromatic N) is 2. The Kier molecular flexibility index (Phi) is 3.85. The molecule has 3 N–H and O–H groups in total. The summed E-state index contributed by atoms with van der Waals surface area (Å²) in [4.78, 5) is 16.1. The normalized spacial score (nSPS) is 10.4. The number of nitrogens with one attached hydrogen (secondary N) is 1. The standard InChI is InChI=1S/C14H18N4O/c1-3-13-16-6-7-18(13)9-14(19)17-11-5-4-10(2)12(15)8-11/h4-8H,3,9,15H2,1-2H3,(H,17,19).